The molecule has 2 heterocycles. The Labute approximate surface area is 150 Å². The summed E-state index contributed by atoms with van der Waals surface area (Å²) in [5, 5.41) is 6.93. The minimum Gasteiger partial charge on any atom is -0.486 e. The molecule has 0 saturated heterocycles. The summed E-state index contributed by atoms with van der Waals surface area (Å²) >= 11 is 0. The van der Waals surface area contributed by atoms with Crippen molar-refractivity contribution in [2.75, 3.05) is 13.2 Å². The Bertz CT molecular complexity index is 921. The summed E-state index contributed by atoms with van der Waals surface area (Å²) < 4.78 is 16.8. The van der Waals surface area contributed by atoms with Crippen molar-refractivity contribution in [3.8, 4) is 22.8 Å². The first kappa shape index (κ1) is 16.2. The quantitative estimate of drug-likeness (QED) is 0.782. The van der Waals surface area contributed by atoms with E-state index in [2.05, 4.69) is 10.5 Å². The van der Waals surface area contributed by atoms with Crippen molar-refractivity contribution in [1.82, 2.24) is 10.5 Å². The summed E-state index contributed by atoms with van der Waals surface area (Å²) in [4.78, 5) is 12.7. The Morgan fingerprint density at radius 2 is 1.85 bits per heavy atom. The third-order valence-corrected chi connectivity index (χ3v) is 4.19. The van der Waals surface area contributed by atoms with E-state index in [0.717, 1.165) is 11.3 Å². The molecule has 1 amide bonds. The molecule has 2 aromatic carbocycles. The van der Waals surface area contributed by atoms with E-state index in [9.17, 15) is 4.79 Å². The largest absolute Gasteiger partial charge is 0.486 e. The molecule has 1 aromatic heterocycles. The average molecular weight is 350 g/mol. The minimum absolute atomic E-state index is 0.245. The number of nitrogens with zero attached hydrogens (tertiary/aromatic N) is 1. The van der Waals surface area contributed by atoms with Crippen LogP contribution in [0.15, 0.2) is 59.1 Å². The van der Waals surface area contributed by atoms with E-state index >= 15 is 0 Å². The highest BCUT2D eigenvalue weighted by atomic mass is 16.6. The lowest BCUT2D eigenvalue weighted by molar-refractivity contribution is 0.0788. The number of benzene rings is 2. The van der Waals surface area contributed by atoms with Gasteiger partial charge in [0.25, 0.3) is 5.91 Å². The van der Waals surface area contributed by atoms with Crippen LogP contribution in [0.5, 0.6) is 11.5 Å². The van der Waals surface area contributed by atoms with Crippen LogP contribution in [0.25, 0.3) is 11.3 Å². The summed E-state index contributed by atoms with van der Waals surface area (Å²) in [7, 11) is 0. The maximum absolute atomic E-state index is 12.7. The highest BCUT2D eigenvalue weighted by Crippen LogP contribution is 2.31. The van der Waals surface area contributed by atoms with Crippen LogP contribution in [0.1, 0.15) is 16.1 Å². The number of fused-ring (bicyclic) bond motifs is 1. The van der Waals surface area contributed by atoms with Crippen molar-refractivity contribution >= 4 is 5.91 Å². The Morgan fingerprint density at radius 3 is 2.65 bits per heavy atom. The molecule has 1 N–H and O–H groups in total. The number of aryl methyl sites for hydroxylation is 1. The zero-order chi connectivity index (χ0) is 17.9. The van der Waals surface area contributed by atoms with Crippen LogP contribution in [-0.2, 0) is 0 Å². The van der Waals surface area contributed by atoms with Gasteiger partial charge in [-0.3, -0.25) is 4.79 Å². The average Bonchev–Trinajstić information content (AvgIpc) is 3.08. The maximum Gasteiger partial charge on any atom is 0.257 e. The van der Waals surface area contributed by atoms with E-state index in [-0.39, 0.29) is 12.0 Å². The molecule has 26 heavy (non-hydrogen) atoms. The smallest absolute Gasteiger partial charge is 0.257 e. The summed E-state index contributed by atoms with van der Waals surface area (Å²) in [6.45, 7) is 2.43. The lowest BCUT2D eigenvalue weighted by Gasteiger charge is -2.26. The second-order valence-electron chi connectivity index (χ2n) is 6.04. The number of aromatic nitrogens is 1. The zero-order valence-electron chi connectivity index (χ0n) is 14.3. The van der Waals surface area contributed by atoms with Crippen molar-refractivity contribution < 1.29 is 18.8 Å². The van der Waals surface area contributed by atoms with Crippen LogP contribution in [0.2, 0.25) is 0 Å². The molecule has 1 aliphatic rings. The first-order valence-electron chi connectivity index (χ1n) is 8.41. The van der Waals surface area contributed by atoms with Gasteiger partial charge < -0.3 is 19.3 Å². The molecule has 0 unspecified atom stereocenters. The van der Waals surface area contributed by atoms with Gasteiger partial charge in [0, 0.05) is 5.56 Å². The SMILES string of the molecule is Cc1onc(-c2ccccc2)c1C(=O)NC[C@@H]1COc2ccccc2O1. The van der Waals surface area contributed by atoms with E-state index in [4.69, 9.17) is 14.0 Å². The van der Waals surface area contributed by atoms with Gasteiger partial charge in [-0.25, -0.2) is 0 Å². The Kier molecular flexibility index (Phi) is 4.31. The van der Waals surface area contributed by atoms with Crippen LogP contribution in [-0.4, -0.2) is 30.3 Å². The fraction of sp³-hybridized carbons (Fsp3) is 0.200. The summed E-state index contributed by atoms with van der Waals surface area (Å²) in [6.07, 6.45) is -0.255. The Hall–Kier alpha value is -3.28. The van der Waals surface area contributed by atoms with E-state index < -0.39 is 0 Å². The number of nitrogens with one attached hydrogen (secondary N) is 1. The molecular weight excluding hydrogens is 332 g/mol. The first-order chi connectivity index (χ1) is 12.7. The Balaban J connectivity index is 1.46. The van der Waals surface area contributed by atoms with Gasteiger partial charge in [0.2, 0.25) is 0 Å². The third-order valence-electron chi connectivity index (χ3n) is 4.19. The van der Waals surface area contributed by atoms with E-state index in [1.165, 1.54) is 0 Å². The molecule has 6 nitrogen and oxygen atoms in total. The summed E-state index contributed by atoms with van der Waals surface area (Å²) in [5.74, 6) is 1.64. The van der Waals surface area contributed by atoms with Gasteiger partial charge in [-0.1, -0.05) is 47.6 Å². The van der Waals surface area contributed by atoms with Crippen molar-refractivity contribution in [1.29, 1.82) is 0 Å². The molecular formula is C20H18N2O4. The number of carbonyl (C=O) groups excluding carboxylic acids is 1. The molecule has 0 fully saturated rings. The van der Waals surface area contributed by atoms with Gasteiger partial charge in [-0.05, 0) is 19.1 Å². The number of carbonyl (C=O) groups is 1. The molecule has 0 spiro atoms. The van der Waals surface area contributed by atoms with Crippen molar-refractivity contribution in [2.24, 2.45) is 0 Å². The van der Waals surface area contributed by atoms with Gasteiger partial charge in [0.15, 0.2) is 11.5 Å². The van der Waals surface area contributed by atoms with Crippen LogP contribution in [0.4, 0.5) is 0 Å². The molecule has 3 aromatic rings. The monoisotopic (exact) mass is 350 g/mol. The second kappa shape index (κ2) is 6.92. The highest BCUT2D eigenvalue weighted by molar-refractivity contribution is 6.00. The van der Waals surface area contributed by atoms with E-state index in [1.807, 2.05) is 54.6 Å². The maximum atomic E-state index is 12.7. The normalized spacial score (nSPS) is 15.5. The number of rotatable bonds is 4. The van der Waals surface area contributed by atoms with Gasteiger partial charge in [-0.2, -0.15) is 0 Å². The molecule has 0 bridgehead atoms. The molecule has 0 radical (unpaired) electrons. The van der Waals surface area contributed by atoms with E-state index in [1.54, 1.807) is 6.92 Å². The highest BCUT2D eigenvalue weighted by Gasteiger charge is 2.25. The minimum atomic E-state index is -0.255. The van der Waals surface area contributed by atoms with Gasteiger partial charge in [-0.15, -0.1) is 0 Å². The topological polar surface area (TPSA) is 73.6 Å². The first-order valence-corrected chi connectivity index (χ1v) is 8.41. The molecule has 1 aliphatic heterocycles. The molecule has 4 rings (SSSR count). The van der Waals surface area contributed by atoms with Gasteiger partial charge in [0.1, 0.15) is 29.7 Å². The zero-order valence-corrected chi connectivity index (χ0v) is 14.3. The third kappa shape index (κ3) is 3.13. The number of hydrogen-bond donors (Lipinski definition) is 1. The predicted molar refractivity (Wildman–Crippen MR) is 95.4 cm³/mol. The van der Waals surface area contributed by atoms with Crippen LogP contribution < -0.4 is 14.8 Å². The van der Waals surface area contributed by atoms with Crippen molar-refractivity contribution in [3.63, 3.8) is 0 Å². The molecule has 6 heteroatoms. The van der Waals surface area contributed by atoms with Gasteiger partial charge in [0.05, 0.1) is 6.54 Å². The second-order valence-corrected chi connectivity index (χ2v) is 6.04. The van der Waals surface area contributed by atoms with E-state index in [0.29, 0.717) is 35.9 Å². The van der Waals surface area contributed by atoms with Crippen LogP contribution >= 0.6 is 0 Å². The van der Waals surface area contributed by atoms with Crippen LogP contribution in [0.3, 0.4) is 0 Å². The molecule has 1 atom stereocenters. The standard InChI is InChI=1S/C20H18N2O4/c1-13-18(19(22-26-13)14-7-3-2-4-8-14)20(23)21-11-15-12-24-16-9-5-6-10-17(16)25-15/h2-10,15H,11-12H2,1H3,(H,21,23)/t15-/m1/s1. The number of para-hydroxylation sites is 2. The summed E-state index contributed by atoms with van der Waals surface area (Å²) in [5.41, 5.74) is 1.81. The number of hydrogen-bond acceptors (Lipinski definition) is 5. The molecule has 0 aliphatic carbocycles. The van der Waals surface area contributed by atoms with Crippen LogP contribution in [0, 0.1) is 6.92 Å². The predicted octanol–water partition coefficient (Wildman–Crippen LogP) is 3.22. The van der Waals surface area contributed by atoms with Crippen molar-refractivity contribution in [3.05, 3.63) is 65.9 Å². The number of ether oxygens (including phenoxy) is 2. The Morgan fingerprint density at radius 1 is 1.12 bits per heavy atom. The lowest BCUT2D eigenvalue weighted by atomic mass is 10.1. The fourth-order valence-electron chi connectivity index (χ4n) is 2.89. The fourth-order valence-corrected chi connectivity index (χ4v) is 2.89. The number of amides is 1. The van der Waals surface area contributed by atoms with Crippen molar-refractivity contribution in [2.45, 2.75) is 13.0 Å². The molecule has 0 saturated carbocycles. The molecule has 132 valence electrons. The lowest BCUT2D eigenvalue weighted by Crippen LogP contribution is -2.40. The van der Waals surface area contributed by atoms with Gasteiger partial charge >= 0.3 is 0 Å². The summed E-state index contributed by atoms with van der Waals surface area (Å²) in [6, 6.07) is 17.0.